The molecule has 0 amide bonds. The van der Waals surface area contributed by atoms with Gasteiger partial charge in [-0.1, -0.05) is 13.8 Å². The smallest absolute Gasteiger partial charge is 0.205 e. The van der Waals surface area contributed by atoms with E-state index in [2.05, 4.69) is 40.6 Å². The second-order valence-electron chi connectivity index (χ2n) is 7.17. The number of ether oxygens (including phenoxy) is 1. The standard InChI is InChI=1S/C18H22ClN7O/c1-11(2)8-26-17-14(22-18(26)19)16(25-4-5-27-9-12(25)3)23-15(24-17)13-6-20-10-21-7-13/h6-7,10-12H,4-5,8-9H2,1-3H3/t12-/m0/s1. The zero-order valence-electron chi connectivity index (χ0n) is 15.6. The van der Waals surface area contributed by atoms with Crippen LogP contribution < -0.4 is 4.90 Å². The van der Waals surface area contributed by atoms with Gasteiger partial charge in [0.25, 0.3) is 0 Å². The summed E-state index contributed by atoms with van der Waals surface area (Å²) in [5.41, 5.74) is 2.21. The van der Waals surface area contributed by atoms with E-state index in [0.29, 0.717) is 30.2 Å². The molecule has 0 radical (unpaired) electrons. The van der Waals surface area contributed by atoms with Gasteiger partial charge in [0, 0.05) is 25.5 Å². The van der Waals surface area contributed by atoms with Gasteiger partial charge in [0.1, 0.15) is 6.33 Å². The number of hydrogen-bond donors (Lipinski definition) is 0. The maximum Gasteiger partial charge on any atom is 0.205 e. The largest absolute Gasteiger partial charge is 0.377 e. The maximum absolute atomic E-state index is 6.47. The van der Waals surface area contributed by atoms with Gasteiger partial charge in [-0.05, 0) is 24.4 Å². The molecule has 8 nitrogen and oxygen atoms in total. The van der Waals surface area contributed by atoms with Crippen molar-refractivity contribution in [3.05, 3.63) is 24.0 Å². The average molecular weight is 388 g/mol. The Morgan fingerprint density at radius 3 is 2.70 bits per heavy atom. The van der Waals surface area contributed by atoms with E-state index in [1.54, 1.807) is 12.4 Å². The topological polar surface area (TPSA) is 81.9 Å². The third-order valence-corrected chi connectivity index (χ3v) is 4.82. The van der Waals surface area contributed by atoms with E-state index in [-0.39, 0.29) is 6.04 Å². The second-order valence-corrected chi connectivity index (χ2v) is 7.51. The van der Waals surface area contributed by atoms with E-state index < -0.39 is 0 Å². The van der Waals surface area contributed by atoms with Crippen LogP contribution in [0.2, 0.25) is 5.28 Å². The molecular weight excluding hydrogens is 366 g/mol. The monoisotopic (exact) mass is 387 g/mol. The number of aromatic nitrogens is 6. The summed E-state index contributed by atoms with van der Waals surface area (Å²) in [4.78, 5) is 24.6. The summed E-state index contributed by atoms with van der Waals surface area (Å²) in [5.74, 6) is 1.75. The normalized spacial score (nSPS) is 17.8. The minimum absolute atomic E-state index is 0.186. The minimum Gasteiger partial charge on any atom is -0.377 e. The van der Waals surface area contributed by atoms with Gasteiger partial charge in [-0.2, -0.15) is 0 Å². The van der Waals surface area contributed by atoms with Crippen molar-refractivity contribution < 1.29 is 4.74 Å². The Morgan fingerprint density at radius 1 is 1.22 bits per heavy atom. The van der Waals surface area contributed by atoms with E-state index in [9.17, 15) is 0 Å². The molecule has 0 spiro atoms. The van der Waals surface area contributed by atoms with Crippen LogP contribution in [0.15, 0.2) is 18.7 Å². The Bertz CT molecular complexity index is 944. The molecule has 1 fully saturated rings. The van der Waals surface area contributed by atoms with Gasteiger partial charge in [0.15, 0.2) is 22.8 Å². The lowest BCUT2D eigenvalue weighted by molar-refractivity contribution is 0.0987. The molecule has 4 heterocycles. The highest BCUT2D eigenvalue weighted by Gasteiger charge is 2.26. The van der Waals surface area contributed by atoms with Crippen molar-refractivity contribution in [2.24, 2.45) is 5.92 Å². The van der Waals surface area contributed by atoms with Crippen molar-refractivity contribution >= 4 is 28.6 Å². The second kappa shape index (κ2) is 7.36. The van der Waals surface area contributed by atoms with E-state index in [1.165, 1.54) is 6.33 Å². The first kappa shape index (κ1) is 18.1. The van der Waals surface area contributed by atoms with Crippen LogP contribution in [0.1, 0.15) is 20.8 Å². The predicted molar refractivity (Wildman–Crippen MR) is 104 cm³/mol. The molecule has 4 rings (SSSR count). The zero-order chi connectivity index (χ0) is 19.0. The molecule has 0 unspecified atom stereocenters. The molecule has 0 N–H and O–H groups in total. The van der Waals surface area contributed by atoms with E-state index in [0.717, 1.165) is 35.6 Å². The molecule has 0 aromatic carbocycles. The van der Waals surface area contributed by atoms with Crippen LogP contribution in [0, 0.1) is 5.92 Å². The van der Waals surface area contributed by atoms with Gasteiger partial charge < -0.3 is 9.64 Å². The number of imidazole rings is 1. The summed E-state index contributed by atoms with van der Waals surface area (Å²) in [6.07, 6.45) is 4.92. The number of rotatable bonds is 4. The van der Waals surface area contributed by atoms with Crippen LogP contribution in [0.4, 0.5) is 5.82 Å². The summed E-state index contributed by atoms with van der Waals surface area (Å²) in [6.45, 7) is 9.17. The first-order valence-electron chi connectivity index (χ1n) is 9.08. The number of nitrogens with zero attached hydrogens (tertiary/aromatic N) is 7. The number of morpholine rings is 1. The Morgan fingerprint density at radius 2 is 2.00 bits per heavy atom. The third-order valence-electron chi connectivity index (χ3n) is 4.54. The Kier molecular flexibility index (Phi) is 4.92. The summed E-state index contributed by atoms with van der Waals surface area (Å²) in [7, 11) is 0. The van der Waals surface area contributed by atoms with Crippen molar-refractivity contribution in [1.82, 2.24) is 29.5 Å². The fourth-order valence-corrected chi connectivity index (χ4v) is 3.51. The van der Waals surface area contributed by atoms with Gasteiger partial charge in [-0.25, -0.2) is 24.9 Å². The van der Waals surface area contributed by atoms with Gasteiger partial charge >= 0.3 is 0 Å². The third kappa shape index (κ3) is 3.46. The maximum atomic E-state index is 6.47. The Hall–Kier alpha value is -2.32. The molecule has 0 saturated carbocycles. The zero-order valence-corrected chi connectivity index (χ0v) is 16.4. The SMILES string of the molecule is CC(C)Cn1c(Cl)nc2c(N3CCOC[C@@H]3C)nc(-c3cncnc3)nc21. The lowest BCUT2D eigenvalue weighted by Crippen LogP contribution is -2.44. The van der Waals surface area contributed by atoms with Crippen molar-refractivity contribution in [1.29, 1.82) is 0 Å². The minimum atomic E-state index is 0.186. The lowest BCUT2D eigenvalue weighted by Gasteiger charge is -2.34. The molecule has 142 valence electrons. The number of halogens is 1. The first-order valence-corrected chi connectivity index (χ1v) is 9.46. The highest BCUT2D eigenvalue weighted by molar-refractivity contribution is 6.29. The number of hydrogen-bond acceptors (Lipinski definition) is 7. The van der Waals surface area contributed by atoms with E-state index >= 15 is 0 Å². The van der Waals surface area contributed by atoms with E-state index in [4.69, 9.17) is 26.3 Å². The van der Waals surface area contributed by atoms with Gasteiger partial charge in [0.05, 0.1) is 24.8 Å². The van der Waals surface area contributed by atoms with Crippen LogP contribution in [-0.2, 0) is 11.3 Å². The van der Waals surface area contributed by atoms with Crippen LogP contribution in [0.25, 0.3) is 22.6 Å². The highest BCUT2D eigenvalue weighted by Crippen LogP contribution is 2.31. The summed E-state index contributed by atoms with van der Waals surface area (Å²) in [5, 5.41) is 0.427. The van der Waals surface area contributed by atoms with Crippen molar-refractivity contribution in [2.45, 2.75) is 33.4 Å². The van der Waals surface area contributed by atoms with Gasteiger partial charge in [-0.3, -0.25) is 4.57 Å². The quantitative estimate of drug-likeness (QED) is 0.636. The molecule has 1 aliphatic heterocycles. The van der Waals surface area contributed by atoms with Crippen LogP contribution in [0.5, 0.6) is 0 Å². The van der Waals surface area contributed by atoms with Crippen LogP contribution in [0.3, 0.4) is 0 Å². The molecule has 3 aromatic heterocycles. The summed E-state index contributed by atoms with van der Waals surface area (Å²) >= 11 is 6.47. The molecule has 27 heavy (non-hydrogen) atoms. The van der Waals surface area contributed by atoms with Gasteiger partial charge in [0.2, 0.25) is 5.28 Å². The molecular formula is C18H22ClN7O. The van der Waals surface area contributed by atoms with Crippen LogP contribution in [-0.4, -0.2) is 55.3 Å². The molecule has 0 aliphatic carbocycles. The van der Waals surface area contributed by atoms with Gasteiger partial charge in [-0.15, -0.1) is 0 Å². The molecule has 3 aromatic rings. The fraction of sp³-hybridized carbons (Fsp3) is 0.500. The molecule has 1 saturated heterocycles. The number of anilines is 1. The van der Waals surface area contributed by atoms with Crippen molar-refractivity contribution in [3.8, 4) is 11.4 Å². The summed E-state index contributed by atoms with van der Waals surface area (Å²) < 4.78 is 7.53. The predicted octanol–water partition coefficient (Wildman–Crippen LogP) is 2.82. The number of fused-ring (bicyclic) bond motifs is 1. The Labute approximate surface area is 162 Å². The molecule has 1 aliphatic rings. The fourth-order valence-electron chi connectivity index (χ4n) is 3.27. The van der Waals surface area contributed by atoms with Crippen LogP contribution >= 0.6 is 11.6 Å². The van der Waals surface area contributed by atoms with Crippen molar-refractivity contribution in [3.63, 3.8) is 0 Å². The molecule has 9 heteroatoms. The first-order chi connectivity index (χ1) is 13.0. The summed E-state index contributed by atoms with van der Waals surface area (Å²) in [6, 6.07) is 0.186. The van der Waals surface area contributed by atoms with E-state index in [1.807, 2.05) is 4.57 Å². The molecule has 0 bridgehead atoms. The van der Waals surface area contributed by atoms with Crippen molar-refractivity contribution in [2.75, 3.05) is 24.7 Å². The molecule has 1 atom stereocenters. The Balaban J connectivity index is 1.94. The highest BCUT2D eigenvalue weighted by atomic mass is 35.5. The lowest BCUT2D eigenvalue weighted by atomic mass is 10.2. The average Bonchev–Trinajstić information content (AvgIpc) is 2.97.